The molecule has 4 rings (SSSR count). The molecule has 0 aromatic heterocycles. The van der Waals surface area contributed by atoms with Crippen molar-refractivity contribution in [3.63, 3.8) is 0 Å². The minimum absolute atomic E-state index is 0.0458. The van der Waals surface area contributed by atoms with Crippen LogP contribution in [0.3, 0.4) is 0 Å². The Hall–Kier alpha value is -2.59. The molecule has 4 nitrogen and oxygen atoms in total. The van der Waals surface area contributed by atoms with Gasteiger partial charge in [0.1, 0.15) is 5.78 Å². The maximum absolute atomic E-state index is 14.0. The summed E-state index contributed by atoms with van der Waals surface area (Å²) in [6.07, 6.45) is 7.88. The van der Waals surface area contributed by atoms with Gasteiger partial charge >= 0.3 is 0 Å². The average Bonchev–Trinajstić information content (AvgIpc) is 3.30. The van der Waals surface area contributed by atoms with E-state index in [1.165, 1.54) is 5.56 Å². The van der Waals surface area contributed by atoms with Gasteiger partial charge in [-0.05, 0) is 59.6 Å². The zero-order chi connectivity index (χ0) is 26.1. The van der Waals surface area contributed by atoms with E-state index in [2.05, 4.69) is 51.1 Å². The molecule has 192 valence electrons. The van der Waals surface area contributed by atoms with Gasteiger partial charge in [0, 0.05) is 24.5 Å². The molecule has 0 amide bonds. The standard InChI is InChI=1S/C32H40O4/c1-18(2)30(33)32(35)24-13-12-23-16-29(36-6)28(17-27(23)24)31(34)26-15-19(3)25(14-20(26)4)21(5)22-10-8-7-9-11-22/h7-11,13,16-21,25-26,28-29H,12,14-15H2,1-6H3. The fourth-order valence-corrected chi connectivity index (χ4v) is 6.58. The van der Waals surface area contributed by atoms with Gasteiger partial charge in [-0.2, -0.15) is 0 Å². The molecule has 7 unspecified atom stereocenters. The number of hydrogen-bond donors (Lipinski definition) is 0. The number of carbonyl (C=O) groups excluding carboxylic acids is 3. The van der Waals surface area contributed by atoms with Gasteiger partial charge in [-0.25, -0.2) is 0 Å². The molecule has 0 bridgehead atoms. The van der Waals surface area contributed by atoms with Crippen LogP contribution in [0.15, 0.2) is 65.3 Å². The summed E-state index contributed by atoms with van der Waals surface area (Å²) in [5, 5.41) is 0. The molecule has 1 aromatic carbocycles. The van der Waals surface area contributed by atoms with Crippen molar-refractivity contribution in [2.45, 2.75) is 65.9 Å². The summed E-state index contributed by atoms with van der Waals surface area (Å²) >= 11 is 0. The predicted molar refractivity (Wildman–Crippen MR) is 142 cm³/mol. The van der Waals surface area contributed by atoms with Gasteiger partial charge in [0.25, 0.3) is 0 Å². The van der Waals surface area contributed by atoms with Crippen LogP contribution in [0.4, 0.5) is 0 Å². The van der Waals surface area contributed by atoms with E-state index in [4.69, 9.17) is 4.74 Å². The quantitative estimate of drug-likeness (QED) is 0.404. The first-order valence-corrected chi connectivity index (χ1v) is 13.5. The molecule has 4 heteroatoms. The molecule has 0 spiro atoms. The van der Waals surface area contributed by atoms with Gasteiger partial charge < -0.3 is 4.74 Å². The van der Waals surface area contributed by atoms with E-state index in [9.17, 15) is 14.4 Å². The molecule has 36 heavy (non-hydrogen) atoms. The van der Waals surface area contributed by atoms with Crippen molar-refractivity contribution in [2.75, 3.05) is 7.11 Å². The van der Waals surface area contributed by atoms with Crippen LogP contribution in [-0.4, -0.2) is 30.6 Å². The minimum Gasteiger partial charge on any atom is -0.376 e. The summed E-state index contributed by atoms with van der Waals surface area (Å²) in [5.41, 5.74) is 3.55. The molecule has 0 aliphatic heterocycles. The zero-order valence-electron chi connectivity index (χ0n) is 22.5. The normalized spacial score (nSPS) is 30.7. The highest BCUT2D eigenvalue weighted by Crippen LogP contribution is 2.47. The molecule has 1 aromatic rings. The Bertz CT molecular complexity index is 1110. The van der Waals surface area contributed by atoms with Crippen molar-refractivity contribution >= 4 is 17.3 Å². The van der Waals surface area contributed by atoms with Crippen LogP contribution in [-0.2, 0) is 19.1 Å². The topological polar surface area (TPSA) is 60.4 Å². The van der Waals surface area contributed by atoms with E-state index in [0.29, 0.717) is 29.7 Å². The number of rotatable bonds is 8. The van der Waals surface area contributed by atoms with E-state index in [-0.39, 0.29) is 35.4 Å². The Morgan fingerprint density at radius 2 is 1.64 bits per heavy atom. The lowest BCUT2D eigenvalue weighted by atomic mass is 9.62. The van der Waals surface area contributed by atoms with Crippen LogP contribution in [0.5, 0.6) is 0 Å². The smallest absolute Gasteiger partial charge is 0.229 e. The highest BCUT2D eigenvalue weighted by Gasteiger charge is 2.43. The molecule has 1 fully saturated rings. The first kappa shape index (κ1) is 26.5. The van der Waals surface area contributed by atoms with Gasteiger partial charge in [-0.1, -0.05) is 83.2 Å². The number of ketones is 3. The number of Topliss-reactive ketones (excluding diaryl/α,β-unsaturated/α-hetero) is 3. The van der Waals surface area contributed by atoms with E-state index in [1.54, 1.807) is 21.0 Å². The largest absolute Gasteiger partial charge is 0.376 e. The molecule has 1 saturated carbocycles. The lowest BCUT2D eigenvalue weighted by Gasteiger charge is -2.42. The van der Waals surface area contributed by atoms with Crippen molar-refractivity contribution < 1.29 is 19.1 Å². The van der Waals surface area contributed by atoms with Gasteiger partial charge in [0.2, 0.25) is 11.6 Å². The fourth-order valence-electron chi connectivity index (χ4n) is 6.58. The number of benzene rings is 1. The second-order valence-corrected chi connectivity index (χ2v) is 11.5. The van der Waals surface area contributed by atoms with Crippen LogP contribution < -0.4 is 0 Å². The summed E-state index contributed by atoms with van der Waals surface area (Å²) in [4.78, 5) is 39.3. The summed E-state index contributed by atoms with van der Waals surface area (Å²) in [5.74, 6) is 0.214. The van der Waals surface area contributed by atoms with Crippen molar-refractivity contribution in [1.82, 2.24) is 0 Å². The van der Waals surface area contributed by atoms with Crippen LogP contribution in [0.1, 0.15) is 65.4 Å². The highest BCUT2D eigenvalue weighted by atomic mass is 16.5. The second-order valence-electron chi connectivity index (χ2n) is 11.5. The van der Waals surface area contributed by atoms with E-state index in [1.807, 2.05) is 18.2 Å². The maximum atomic E-state index is 14.0. The number of hydrogen-bond acceptors (Lipinski definition) is 4. The monoisotopic (exact) mass is 488 g/mol. The Labute approximate surface area is 215 Å². The van der Waals surface area contributed by atoms with Crippen LogP contribution in [0.25, 0.3) is 0 Å². The van der Waals surface area contributed by atoms with Crippen molar-refractivity contribution in [3.05, 3.63) is 70.8 Å². The molecule has 3 aliphatic rings. The molecule has 7 atom stereocenters. The maximum Gasteiger partial charge on any atom is 0.229 e. The summed E-state index contributed by atoms with van der Waals surface area (Å²) < 4.78 is 5.77. The molecular formula is C32H40O4. The lowest BCUT2D eigenvalue weighted by molar-refractivity contribution is -0.136. The van der Waals surface area contributed by atoms with Gasteiger partial charge in [0.15, 0.2) is 0 Å². The number of fused-ring (bicyclic) bond motifs is 1. The Balaban J connectivity index is 1.54. The summed E-state index contributed by atoms with van der Waals surface area (Å²) in [7, 11) is 1.64. The average molecular weight is 489 g/mol. The van der Waals surface area contributed by atoms with Crippen LogP contribution in [0, 0.1) is 35.5 Å². The van der Waals surface area contributed by atoms with E-state index < -0.39 is 11.7 Å². The molecule has 0 N–H and O–H groups in total. The Kier molecular flexibility index (Phi) is 7.94. The third kappa shape index (κ3) is 4.98. The SMILES string of the molecule is COC1C=C2CC=C(C(=O)C(=O)C(C)C)C2=CC1C(=O)C1CC(C)C(C(C)c2ccccc2)CC1C. The highest BCUT2D eigenvalue weighted by molar-refractivity contribution is 6.45. The molecule has 3 aliphatic carbocycles. The fraction of sp³-hybridized carbons (Fsp3) is 0.531. The predicted octanol–water partition coefficient (Wildman–Crippen LogP) is 6.28. The van der Waals surface area contributed by atoms with E-state index in [0.717, 1.165) is 24.0 Å². The molecule has 0 radical (unpaired) electrons. The number of ether oxygens (including phenoxy) is 1. The van der Waals surface area contributed by atoms with E-state index >= 15 is 0 Å². The number of allylic oxidation sites excluding steroid dienone is 4. The minimum atomic E-state index is -0.445. The molecule has 0 heterocycles. The van der Waals surface area contributed by atoms with Crippen molar-refractivity contribution in [3.8, 4) is 0 Å². The first-order chi connectivity index (χ1) is 17.1. The van der Waals surface area contributed by atoms with Gasteiger partial charge in [-0.3, -0.25) is 14.4 Å². The molecule has 0 saturated heterocycles. The first-order valence-electron chi connectivity index (χ1n) is 13.5. The summed E-state index contributed by atoms with van der Waals surface area (Å²) in [6, 6.07) is 10.7. The number of carbonyl (C=O) groups is 3. The second kappa shape index (κ2) is 10.8. The van der Waals surface area contributed by atoms with Crippen LogP contribution >= 0.6 is 0 Å². The third-order valence-corrected chi connectivity index (χ3v) is 8.84. The Morgan fingerprint density at radius 1 is 0.944 bits per heavy atom. The zero-order valence-corrected chi connectivity index (χ0v) is 22.5. The Morgan fingerprint density at radius 3 is 2.28 bits per heavy atom. The summed E-state index contributed by atoms with van der Waals surface area (Å²) in [6.45, 7) is 10.3. The lowest BCUT2D eigenvalue weighted by Crippen LogP contribution is -2.41. The number of methoxy groups -OCH3 is 1. The van der Waals surface area contributed by atoms with Crippen LogP contribution in [0.2, 0.25) is 0 Å². The van der Waals surface area contributed by atoms with Crippen molar-refractivity contribution in [2.24, 2.45) is 35.5 Å². The van der Waals surface area contributed by atoms with Gasteiger partial charge in [0.05, 0.1) is 12.0 Å². The van der Waals surface area contributed by atoms with Crippen molar-refractivity contribution in [1.29, 1.82) is 0 Å². The van der Waals surface area contributed by atoms with Gasteiger partial charge in [-0.15, -0.1) is 0 Å². The third-order valence-electron chi connectivity index (χ3n) is 8.84. The molecular weight excluding hydrogens is 448 g/mol.